The van der Waals surface area contributed by atoms with Crippen molar-refractivity contribution in [2.45, 2.75) is 5.33 Å². The Morgan fingerprint density at radius 3 is 2.87 bits per heavy atom. The molecule has 5 heteroatoms. The van der Waals surface area contributed by atoms with Crippen LogP contribution < -0.4 is 0 Å². The van der Waals surface area contributed by atoms with Gasteiger partial charge >= 0.3 is 0 Å². The molecule has 2 nitrogen and oxygen atoms in total. The van der Waals surface area contributed by atoms with Crippen LogP contribution >= 0.6 is 39.1 Å². The van der Waals surface area contributed by atoms with Gasteiger partial charge in [-0.15, -0.1) is 0 Å². The number of nitrogens with zero attached hydrogens (tertiary/aromatic N) is 1. The summed E-state index contributed by atoms with van der Waals surface area (Å²) in [7, 11) is 0. The van der Waals surface area contributed by atoms with Crippen LogP contribution in [0, 0.1) is 0 Å². The third kappa shape index (κ3) is 2.19. The maximum absolute atomic E-state index is 6.05. The average molecular weight is 307 g/mol. The molecule has 2 aromatic rings. The lowest BCUT2D eigenvalue weighted by molar-refractivity contribution is 0.571. The summed E-state index contributed by atoms with van der Waals surface area (Å²) >= 11 is 15.3. The van der Waals surface area contributed by atoms with Crippen LogP contribution in [0.4, 0.5) is 0 Å². The molecule has 0 saturated heterocycles. The molecule has 1 aromatic heterocycles. The molecule has 2 rings (SSSR count). The fourth-order valence-corrected chi connectivity index (χ4v) is 2.03. The van der Waals surface area contributed by atoms with Crippen LogP contribution in [0.3, 0.4) is 0 Å². The van der Waals surface area contributed by atoms with E-state index in [4.69, 9.17) is 27.6 Å². The first kappa shape index (κ1) is 11.0. The van der Waals surface area contributed by atoms with Crippen molar-refractivity contribution >= 4 is 39.1 Å². The Kier molecular flexibility index (Phi) is 3.34. The summed E-state index contributed by atoms with van der Waals surface area (Å²) in [6.45, 7) is 0. The van der Waals surface area contributed by atoms with E-state index >= 15 is 0 Å². The molecule has 1 aromatic carbocycles. The van der Waals surface area contributed by atoms with Crippen molar-refractivity contribution in [1.82, 2.24) is 4.98 Å². The van der Waals surface area contributed by atoms with Gasteiger partial charge in [-0.1, -0.05) is 39.1 Å². The van der Waals surface area contributed by atoms with Gasteiger partial charge in [0.05, 0.1) is 10.7 Å². The van der Waals surface area contributed by atoms with E-state index in [9.17, 15) is 0 Å². The molecule has 0 radical (unpaired) electrons. The summed E-state index contributed by atoms with van der Waals surface area (Å²) in [5, 5.41) is 1.83. The molecule has 0 aliphatic heterocycles. The van der Waals surface area contributed by atoms with E-state index in [-0.39, 0.29) is 0 Å². The van der Waals surface area contributed by atoms with Gasteiger partial charge in [-0.25, -0.2) is 4.98 Å². The van der Waals surface area contributed by atoms with Gasteiger partial charge in [-0.2, -0.15) is 0 Å². The number of oxazole rings is 1. The van der Waals surface area contributed by atoms with E-state index in [1.807, 2.05) is 0 Å². The zero-order chi connectivity index (χ0) is 10.8. The Labute approximate surface area is 105 Å². The highest BCUT2D eigenvalue weighted by atomic mass is 79.9. The predicted molar refractivity (Wildman–Crippen MR) is 64.6 cm³/mol. The van der Waals surface area contributed by atoms with Gasteiger partial charge in [0.2, 0.25) is 0 Å². The lowest BCUT2D eigenvalue weighted by Crippen LogP contribution is -1.84. The Morgan fingerprint density at radius 1 is 1.33 bits per heavy atom. The quantitative estimate of drug-likeness (QED) is 0.761. The second kappa shape index (κ2) is 4.56. The first-order valence-electron chi connectivity index (χ1n) is 4.16. The highest BCUT2D eigenvalue weighted by molar-refractivity contribution is 9.08. The third-order valence-corrected chi connectivity index (χ3v) is 3.04. The zero-order valence-electron chi connectivity index (χ0n) is 7.51. The van der Waals surface area contributed by atoms with Crippen molar-refractivity contribution in [2.75, 3.05) is 0 Å². The SMILES string of the molecule is Clc1ccc(Cl)c(-c2ocnc2CBr)c1. The number of rotatable bonds is 2. The molecule has 15 heavy (non-hydrogen) atoms. The molecular weight excluding hydrogens is 301 g/mol. The van der Waals surface area contributed by atoms with E-state index in [0.717, 1.165) is 11.3 Å². The molecule has 0 bridgehead atoms. The largest absolute Gasteiger partial charge is 0.443 e. The Balaban J connectivity index is 2.58. The standard InChI is InChI=1S/C10H6BrCl2NO/c11-4-9-10(15-5-14-9)7-3-6(12)1-2-8(7)13/h1-3,5H,4H2. The van der Waals surface area contributed by atoms with Gasteiger partial charge in [0.15, 0.2) is 12.2 Å². The van der Waals surface area contributed by atoms with Gasteiger partial charge in [-0.05, 0) is 18.2 Å². The molecule has 0 aliphatic rings. The van der Waals surface area contributed by atoms with Gasteiger partial charge in [0.1, 0.15) is 0 Å². The number of alkyl halides is 1. The summed E-state index contributed by atoms with van der Waals surface area (Å²) < 4.78 is 5.29. The van der Waals surface area contributed by atoms with Crippen LogP contribution in [-0.4, -0.2) is 4.98 Å². The summed E-state index contributed by atoms with van der Waals surface area (Å²) in [4.78, 5) is 4.07. The molecule has 78 valence electrons. The molecule has 0 saturated carbocycles. The maximum Gasteiger partial charge on any atom is 0.181 e. The Bertz CT molecular complexity index is 484. The molecule has 0 N–H and O–H groups in total. The predicted octanol–water partition coefficient (Wildman–Crippen LogP) is 4.54. The van der Waals surface area contributed by atoms with Crippen LogP contribution in [0.1, 0.15) is 5.69 Å². The smallest absolute Gasteiger partial charge is 0.181 e. The van der Waals surface area contributed by atoms with E-state index < -0.39 is 0 Å². The second-order valence-electron chi connectivity index (χ2n) is 2.89. The molecule has 0 spiro atoms. The molecule has 0 fully saturated rings. The minimum absolute atomic E-state index is 0.596. The Hall–Kier alpha value is -0.510. The van der Waals surface area contributed by atoms with Crippen molar-refractivity contribution in [2.24, 2.45) is 0 Å². The fraction of sp³-hybridized carbons (Fsp3) is 0.100. The molecule has 0 unspecified atom stereocenters. The molecule has 0 atom stereocenters. The summed E-state index contributed by atoms with van der Waals surface area (Å²) in [6, 6.07) is 5.23. The Morgan fingerprint density at radius 2 is 2.13 bits per heavy atom. The van der Waals surface area contributed by atoms with E-state index in [0.29, 0.717) is 21.1 Å². The first-order valence-corrected chi connectivity index (χ1v) is 6.04. The lowest BCUT2D eigenvalue weighted by Gasteiger charge is -2.02. The fourth-order valence-electron chi connectivity index (χ4n) is 1.25. The molecule has 0 aliphatic carbocycles. The number of hydrogen-bond donors (Lipinski definition) is 0. The number of hydrogen-bond acceptors (Lipinski definition) is 2. The highest BCUT2D eigenvalue weighted by Crippen LogP contribution is 2.33. The molecule has 0 amide bonds. The van der Waals surface area contributed by atoms with Crippen LogP contribution in [0.15, 0.2) is 29.0 Å². The topological polar surface area (TPSA) is 26.0 Å². The van der Waals surface area contributed by atoms with E-state index in [2.05, 4.69) is 20.9 Å². The van der Waals surface area contributed by atoms with Crippen molar-refractivity contribution < 1.29 is 4.42 Å². The summed E-state index contributed by atoms with van der Waals surface area (Å²) in [6.07, 6.45) is 1.39. The molecular formula is C10H6BrCl2NO. The van der Waals surface area contributed by atoms with Crippen molar-refractivity contribution in [3.63, 3.8) is 0 Å². The number of aromatic nitrogens is 1. The first-order chi connectivity index (χ1) is 7.22. The monoisotopic (exact) mass is 305 g/mol. The summed E-state index contributed by atoms with van der Waals surface area (Å²) in [5.41, 5.74) is 1.57. The van der Waals surface area contributed by atoms with Gasteiger partial charge in [0, 0.05) is 15.9 Å². The zero-order valence-corrected chi connectivity index (χ0v) is 10.6. The lowest BCUT2D eigenvalue weighted by atomic mass is 10.1. The van der Waals surface area contributed by atoms with Crippen molar-refractivity contribution in [3.05, 3.63) is 40.3 Å². The van der Waals surface area contributed by atoms with Gasteiger partial charge in [-0.3, -0.25) is 0 Å². The van der Waals surface area contributed by atoms with Crippen LogP contribution in [0.2, 0.25) is 10.0 Å². The third-order valence-electron chi connectivity index (χ3n) is 1.94. The van der Waals surface area contributed by atoms with E-state index in [1.54, 1.807) is 18.2 Å². The van der Waals surface area contributed by atoms with Gasteiger partial charge < -0.3 is 4.42 Å². The maximum atomic E-state index is 6.05. The van der Waals surface area contributed by atoms with Crippen molar-refractivity contribution in [3.8, 4) is 11.3 Å². The van der Waals surface area contributed by atoms with E-state index in [1.165, 1.54) is 6.39 Å². The average Bonchev–Trinajstić information content (AvgIpc) is 2.69. The molecule has 1 heterocycles. The summed E-state index contributed by atoms with van der Waals surface area (Å²) in [5.74, 6) is 0.652. The number of benzene rings is 1. The minimum atomic E-state index is 0.596. The van der Waals surface area contributed by atoms with Gasteiger partial charge in [0.25, 0.3) is 0 Å². The number of halogens is 3. The van der Waals surface area contributed by atoms with Crippen LogP contribution in [0.25, 0.3) is 11.3 Å². The van der Waals surface area contributed by atoms with Crippen molar-refractivity contribution in [1.29, 1.82) is 0 Å². The minimum Gasteiger partial charge on any atom is -0.443 e. The second-order valence-corrected chi connectivity index (χ2v) is 4.29. The normalized spacial score (nSPS) is 10.6. The highest BCUT2D eigenvalue weighted by Gasteiger charge is 2.13. The van der Waals surface area contributed by atoms with Crippen LogP contribution in [-0.2, 0) is 5.33 Å². The van der Waals surface area contributed by atoms with Crippen LogP contribution in [0.5, 0.6) is 0 Å².